The van der Waals surface area contributed by atoms with Gasteiger partial charge in [0, 0.05) is 16.7 Å². The zero-order valence-electron chi connectivity index (χ0n) is 11.6. The lowest BCUT2D eigenvalue weighted by molar-refractivity contribution is 0.0990. The van der Waals surface area contributed by atoms with E-state index in [1.54, 1.807) is 17.4 Å². The number of hydrogen-bond donors (Lipinski definition) is 0. The van der Waals surface area contributed by atoms with Gasteiger partial charge in [0.25, 0.3) is 0 Å². The Balaban J connectivity index is 1.89. The van der Waals surface area contributed by atoms with E-state index in [0.717, 1.165) is 23.0 Å². The maximum absolute atomic E-state index is 12.7. The number of halogens is 2. The highest BCUT2D eigenvalue weighted by atomic mass is 127. The molecule has 2 nitrogen and oxygen atoms in total. The molecule has 1 aliphatic carbocycles. The van der Waals surface area contributed by atoms with Crippen molar-refractivity contribution in [3.63, 3.8) is 0 Å². The lowest BCUT2D eigenvalue weighted by atomic mass is 10.0. The second-order valence-electron chi connectivity index (χ2n) is 5.24. The summed E-state index contributed by atoms with van der Waals surface area (Å²) in [7, 11) is 0. The van der Waals surface area contributed by atoms with Gasteiger partial charge in [-0.3, -0.25) is 9.59 Å². The van der Waals surface area contributed by atoms with Crippen LogP contribution in [0, 0.1) is 2.88 Å². The van der Waals surface area contributed by atoms with Crippen LogP contribution >= 0.6 is 49.9 Å². The second-order valence-corrected chi connectivity index (χ2v) is 9.51. The standard InChI is InChI=1S/C18H8BrIO2S/c19-18-11(8-15(20)23-18)7-14-16(21)12-5-9-3-1-2-4-10(9)6-13(12)17(14)22/h1-8H. The quantitative estimate of drug-likeness (QED) is 0.246. The molecule has 1 heterocycles. The lowest BCUT2D eigenvalue weighted by Crippen LogP contribution is -1.99. The summed E-state index contributed by atoms with van der Waals surface area (Å²) in [6, 6.07) is 13.4. The van der Waals surface area contributed by atoms with Crippen molar-refractivity contribution in [2.75, 3.05) is 0 Å². The predicted molar refractivity (Wildman–Crippen MR) is 105 cm³/mol. The Morgan fingerprint density at radius 2 is 1.52 bits per heavy atom. The fourth-order valence-electron chi connectivity index (χ4n) is 2.75. The van der Waals surface area contributed by atoms with E-state index in [4.69, 9.17) is 0 Å². The van der Waals surface area contributed by atoms with Gasteiger partial charge in [-0.15, -0.1) is 11.3 Å². The first-order valence-corrected chi connectivity index (χ1v) is 9.52. The van der Waals surface area contributed by atoms with Gasteiger partial charge in [0.15, 0.2) is 11.6 Å². The molecule has 0 amide bonds. The van der Waals surface area contributed by atoms with Crippen LogP contribution in [-0.2, 0) is 0 Å². The molecule has 1 aliphatic rings. The average Bonchev–Trinajstić information content (AvgIpc) is 2.97. The van der Waals surface area contributed by atoms with E-state index in [-0.39, 0.29) is 17.1 Å². The molecule has 0 bridgehead atoms. The summed E-state index contributed by atoms with van der Waals surface area (Å²) >= 11 is 7.28. The first-order chi connectivity index (χ1) is 11.0. The maximum atomic E-state index is 12.7. The molecule has 0 spiro atoms. The van der Waals surface area contributed by atoms with Gasteiger partial charge >= 0.3 is 0 Å². The molecule has 0 unspecified atom stereocenters. The monoisotopic (exact) mass is 494 g/mol. The predicted octanol–water partition coefficient (Wildman–Crippen LogP) is 5.73. The first-order valence-electron chi connectivity index (χ1n) is 6.83. The molecule has 0 fully saturated rings. The Morgan fingerprint density at radius 3 is 2.00 bits per heavy atom. The third-order valence-electron chi connectivity index (χ3n) is 3.85. The smallest absolute Gasteiger partial charge is 0.197 e. The van der Waals surface area contributed by atoms with Crippen molar-refractivity contribution in [1.82, 2.24) is 0 Å². The number of thiophene rings is 1. The zero-order chi connectivity index (χ0) is 16.1. The second kappa shape index (κ2) is 5.65. The molecule has 0 saturated carbocycles. The SMILES string of the molecule is O=C1C(=Cc2cc(I)sc2Br)C(=O)c2cc3ccccc3cc21. The molecule has 3 aromatic rings. The molecule has 0 radical (unpaired) electrons. The minimum atomic E-state index is -0.191. The molecule has 0 aliphatic heterocycles. The zero-order valence-corrected chi connectivity index (χ0v) is 16.2. The van der Waals surface area contributed by atoms with Crippen LogP contribution in [0.1, 0.15) is 26.3 Å². The van der Waals surface area contributed by atoms with Crippen LogP contribution in [0.2, 0.25) is 0 Å². The molecule has 112 valence electrons. The van der Waals surface area contributed by atoms with Gasteiger partial charge in [-0.1, -0.05) is 24.3 Å². The van der Waals surface area contributed by atoms with Crippen molar-refractivity contribution in [2.24, 2.45) is 0 Å². The van der Waals surface area contributed by atoms with Gasteiger partial charge in [-0.05, 0) is 73.6 Å². The van der Waals surface area contributed by atoms with Crippen molar-refractivity contribution < 1.29 is 9.59 Å². The van der Waals surface area contributed by atoms with Gasteiger partial charge in [-0.25, -0.2) is 0 Å². The average molecular weight is 495 g/mol. The third kappa shape index (κ3) is 2.51. The number of rotatable bonds is 1. The fourth-order valence-corrected chi connectivity index (χ4v) is 6.00. The number of Topliss-reactive ketones (excluding diaryl/α,β-unsaturated/α-hetero) is 2. The van der Waals surface area contributed by atoms with Crippen LogP contribution in [0.15, 0.2) is 51.8 Å². The molecule has 2 aromatic carbocycles. The number of carbonyl (C=O) groups is 2. The number of hydrogen-bond acceptors (Lipinski definition) is 3. The fraction of sp³-hybridized carbons (Fsp3) is 0. The maximum Gasteiger partial charge on any atom is 0.197 e. The number of ketones is 2. The molecule has 0 N–H and O–H groups in total. The Hall–Kier alpha value is -1.31. The van der Waals surface area contributed by atoms with E-state index >= 15 is 0 Å². The Bertz CT molecular complexity index is 976. The molecular formula is C18H8BrIO2S. The summed E-state index contributed by atoms with van der Waals surface area (Å²) in [5.41, 5.74) is 2.11. The summed E-state index contributed by atoms with van der Waals surface area (Å²) < 4.78 is 2.03. The van der Waals surface area contributed by atoms with E-state index in [2.05, 4.69) is 38.5 Å². The van der Waals surface area contributed by atoms with Crippen LogP contribution in [0.4, 0.5) is 0 Å². The van der Waals surface area contributed by atoms with Crippen molar-refractivity contribution in [3.05, 3.63) is 71.4 Å². The van der Waals surface area contributed by atoms with Crippen molar-refractivity contribution in [2.45, 2.75) is 0 Å². The molecule has 0 saturated heterocycles. The van der Waals surface area contributed by atoms with E-state index in [1.165, 1.54) is 0 Å². The van der Waals surface area contributed by atoms with E-state index in [9.17, 15) is 9.59 Å². The highest BCUT2D eigenvalue weighted by molar-refractivity contribution is 14.1. The largest absolute Gasteiger partial charge is 0.288 e. The molecule has 0 atom stereocenters. The minimum absolute atomic E-state index is 0.191. The van der Waals surface area contributed by atoms with Gasteiger partial charge < -0.3 is 0 Å². The third-order valence-corrected chi connectivity index (χ3v) is 6.49. The lowest BCUT2D eigenvalue weighted by Gasteiger charge is -2.00. The van der Waals surface area contributed by atoms with Crippen LogP contribution < -0.4 is 0 Å². The van der Waals surface area contributed by atoms with E-state index < -0.39 is 0 Å². The summed E-state index contributed by atoms with van der Waals surface area (Å²) in [4.78, 5) is 25.3. The minimum Gasteiger partial charge on any atom is -0.288 e. The van der Waals surface area contributed by atoms with Crippen molar-refractivity contribution >= 4 is 78.3 Å². The number of benzene rings is 2. The highest BCUT2D eigenvalue weighted by Gasteiger charge is 2.33. The normalized spacial score (nSPS) is 13.7. The van der Waals surface area contributed by atoms with E-state index in [1.807, 2.05) is 42.5 Å². The molecule has 5 heteroatoms. The topological polar surface area (TPSA) is 34.1 Å². The highest BCUT2D eigenvalue weighted by Crippen LogP contribution is 2.35. The van der Waals surface area contributed by atoms with Crippen molar-refractivity contribution in [1.29, 1.82) is 0 Å². The summed E-state index contributed by atoms with van der Waals surface area (Å²) in [5.74, 6) is -0.382. The summed E-state index contributed by atoms with van der Waals surface area (Å²) in [6.45, 7) is 0. The number of fused-ring (bicyclic) bond motifs is 2. The van der Waals surface area contributed by atoms with Gasteiger partial charge in [0.05, 0.1) is 12.2 Å². The number of allylic oxidation sites excluding steroid dienone is 1. The van der Waals surface area contributed by atoms with Crippen LogP contribution in [-0.4, -0.2) is 11.6 Å². The Morgan fingerprint density at radius 1 is 0.957 bits per heavy atom. The van der Waals surface area contributed by atoms with Crippen LogP contribution in [0.5, 0.6) is 0 Å². The van der Waals surface area contributed by atoms with Crippen LogP contribution in [0.3, 0.4) is 0 Å². The Kier molecular flexibility index (Phi) is 3.74. The molecule has 1 aromatic heterocycles. The Labute approximate surface area is 158 Å². The van der Waals surface area contributed by atoms with Gasteiger partial charge in [-0.2, -0.15) is 0 Å². The van der Waals surface area contributed by atoms with Crippen LogP contribution in [0.25, 0.3) is 16.8 Å². The van der Waals surface area contributed by atoms with Crippen molar-refractivity contribution in [3.8, 4) is 0 Å². The molecule has 23 heavy (non-hydrogen) atoms. The van der Waals surface area contributed by atoms with Gasteiger partial charge in [0.1, 0.15) is 0 Å². The number of carbonyl (C=O) groups excluding carboxylic acids is 2. The van der Waals surface area contributed by atoms with E-state index in [0.29, 0.717) is 11.1 Å². The van der Waals surface area contributed by atoms with Gasteiger partial charge in [0.2, 0.25) is 0 Å². The molecular weight excluding hydrogens is 487 g/mol. The molecule has 4 rings (SSSR count). The summed E-state index contributed by atoms with van der Waals surface area (Å²) in [6.07, 6.45) is 1.69. The summed E-state index contributed by atoms with van der Waals surface area (Å²) in [5, 5.41) is 1.94. The first kappa shape index (κ1) is 15.2.